The second-order valence-corrected chi connectivity index (χ2v) is 6.64. The number of amides is 1. The second-order valence-electron chi connectivity index (χ2n) is 6.24. The van der Waals surface area contributed by atoms with E-state index < -0.39 is 0 Å². The van der Waals surface area contributed by atoms with Crippen molar-refractivity contribution in [2.24, 2.45) is 5.92 Å². The van der Waals surface area contributed by atoms with E-state index in [0.29, 0.717) is 49.4 Å². The highest BCUT2D eigenvalue weighted by atomic mass is 35.5. The van der Waals surface area contributed by atoms with Crippen LogP contribution in [0.5, 0.6) is 11.5 Å². The molecule has 1 aromatic rings. The van der Waals surface area contributed by atoms with Crippen molar-refractivity contribution in [2.75, 3.05) is 32.9 Å². The number of nitrogens with zero attached hydrogens (tertiary/aromatic N) is 1. The number of hydrogen-bond acceptors (Lipinski definition) is 5. The van der Waals surface area contributed by atoms with Crippen molar-refractivity contribution >= 4 is 29.6 Å². The number of ether oxygens (including phenoxy) is 3. The summed E-state index contributed by atoms with van der Waals surface area (Å²) in [6.45, 7) is 4.11. The molecule has 1 fully saturated rings. The quantitative estimate of drug-likeness (QED) is 0.594. The van der Waals surface area contributed by atoms with Gasteiger partial charge in [-0.2, -0.15) is 0 Å². The molecular weight excluding hydrogens is 358 g/mol. The molecule has 1 aromatic carbocycles. The van der Waals surface area contributed by atoms with Gasteiger partial charge in [-0.3, -0.25) is 9.59 Å². The summed E-state index contributed by atoms with van der Waals surface area (Å²) in [6, 6.07) is 3.53. The van der Waals surface area contributed by atoms with Crippen LogP contribution in [-0.4, -0.2) is 49.7 Å². The van der Waals surface area contributed by atoms with E-state index in [9.17, 15) is 9.59 Å². The number of likely N-dealkylation sites (tertiary alicyclic amines) is 1. The van der Waals surface area contributed by atoms with Gasteiger partial charge in [-0.05, 0) is 43.5 Å². The van der Waals surface area contributed by atoms with Crippen molar-refractivity contribution in [3.05, 3.63) is 28.8 Å². The van der Waals surface area contributed by atoms with Gasteiger partial charge in [0.05, 0.1) is 17.5 Å². The van der Waals surface area contributed by atoms with E-state index in [-0.39, 0.29) is 17.8 Å². The molecule has 2 aliphatic rings. The molecule has 1 unspecified atom stereocenters. The Balaban J connectivity index is 1.66. The van der Waals surface area contributed by atoms with Gasteiger partial charge in [0, 0.05) is 19.2 Å². The Morgan fingerprint density at radius 1 is 1.35 bits per heavy atom. The highest BCUT2D eigenvalue weighted by Gasteiger charge is 2.28. The fourth-order valence-electron chi connectivity index (χ4n) is 3.13. The lowest BCUT2D eigenvalue weighted by Crippen LogP contribution is -2.42. The topological polar surface area (TPSA) is 65.1 Å². The summed E-state index contributed by atoms with van der Waals surface area (Å²) in [4.78, 5) is 26.1. The zero-order valence-corrected chi connectivity index (χ0v) is 15.5. The summed E-state index contributed by atoms with van der Waals surface area (Å²) in [7, 11) is 0. The molecule has 3 rings (SSSR count). The molecule has 0 spiro atoms. The number of halogens is 1. The van der Waals surface area contributed by atoms with Crippen LogP contribution < -0.4 is 9.47 Å². The predicted molar refractivity (Wildman–Crippen MR) is 97.4 cm³/mol. The minimum absolute atomic E-state index is 0.134. The minimum atomic E-state index is -0.246. The third kappa shape index (κ3) is 4.30. The minimum Gasteiger partial charge on any atom is -0.486 e. The SMILES string of the molecule is CCOC(=O)C1CCCN(C(=O)C=Cc2cc(Cl)c3c(c2)OCCO3)C1. The number of carbonyl (C=O) groups excluding carboxylic acids is 2. The normalized spacial score (nSPS) is 19.5. The number of rotatable bonds is 4. The van der Waals surface area contributed by atoms with Crippen LogP contribution in [-0.2, 0) is 14.3 Å². The number of carbonyl (C=O) groups is 2. The maximum absolute atomic E-state index is 12.5. The maximum Gasteiger partial charge on any atom is 0.310 e. The Bertz CT molecular complexity index is 718. The van der Waals surface area contributed by atoms with Gasteiger partial charge >= 0.3 is 5.97 Å². The molecule has 140 valence electrons. The standard InChI is InChI=1S/C19H22ClNO5/c1-2-24-19(23)14-4-3-7-21(12-14)17(22)6-5-13-10-15(20)18-16(11-13)25-8-9-26-18/h5-6,10-11,14H,2-4,7-9,12H2,1H3. The third-order valence-corrected chi connectivity index (χ3v) is 4.67. The van der Waals surface area contributed by atoms with E-state index in [1.54, 1.807) is 30.0 Å². The second kappa shape index (κ2) is 8.45. The Labute approximate surface area is 157 Å². The van der Waals surface area contributed by atoms with Crippen LogP contribution in [0.4, 0.5) is 0 Å². The van der Waals surface area contributed by atoms with Gasteiger partial charge in [0.25, 0.3) is 0 Å². The Morgan fingerprint density at radius 2 is 2.15 bits per heavy atom. The van der Waals surface area contributed by atoms with Crippen molar-refractivity contribution in [2.45, 2.75) is 19.8 Å². The van der Waals surface area contributed by atoms with Crippen molar-refractivity contribution in [1.82, 2.24) is 4.90 Å². The van der Waals surface area contributed by atoms with E-state index in [0.717, 1.165) is 18.4 Å². The van der Waals surface area contributed by atoms with Gasteiger partial charge in [0.1, 0.15) is 13.2 Å². The van der Waals surface area contributed by atoms with Crippen LogP contribution in [0, 0.1) is 5.92 Å². The molecular formula is C19H22ClNO5. The molecule has 2 aliphatic heterocycles. The first-order valence-electron chi connectivity index (χ1n) is 8.81. The smallest absolute Gasteiger partial charge is 0.310 e. The maximum atomic E-state index is 12.5. The fraction of sp³-hybridized carbons (Fsp3) is 0.474. The summed E-state index contributed by atoms with van der Waals surface area (Å²) >= 11 is 6.21. The van der Waals surface area contributed by atoms with Gasteiger partial charge < -0.3 is 19.1 Å². The lowest BCUT2D eigenvalue weighted by molar-refractivity contribution is -0.150. The fourth-order valence-corrected chi connectivity index (χ4v) is 3.40. The first-order chi connectivity index (χ1) is 12.6. The largest absolute Gasteiger partial charge is 0.486 e. The van der Waals surface area contributed by atoms with Gasteiger partial charge in [-0.25, -0.2) is 0 Å². The molecule has 0 N–H and O–H groups in total. The van der Waals surface area contributed by atoms with E-state index in [2.05, 4.69) is 0 Å². The van der Waals surface area contributed by atoms with Crippen LogP contribution in [0.3, 0.4) is 0 Å². The Kier molecular flexibility index (Phi) is 6.04. The number of esters is 1. The molecule has 0 radical (unpaired) electrons. The van der Waals surface area contributed by atoms with E-state index in [1.807, 2.05) is 0 Å². The van der Waals surface area contributed by atoms with Crippen LogP contribution in [0.2, 0.25) is 5.02 Å². The highest BCUT2D eigenvalue weighted by Crippen LogP contribution is 2.38. The molecule has 1 amide bonds. The molecule has 0 saturated carbocycles. The Hall–Kier alpha value is -2.21. The van der Waals surface area contributed by atoms with Crippen molar-refractivity contribution < 1.29 is 23.8 Å². The summed E-state index contributed by atoms with van der Waals surface area (Å²) in [5, 5.41) is 0.453. The van der Waals surface area contributed by atoms with Gasteiger partial charge in [0.2, 0.25) is 5.91 Å². The average Bonchev–Trinajstić information content (AvgIpc) is 2.66. The molecule has 0 bridgehead atoms. The van der Waals surface area contributed by atoms with Crippen LogP contribution in [0.15, 0.2) is 18.2 Å². The zero-order chi connectivity index (χ0) is 18.5. The van der Waals surface area contributed by atoms with Crippen LogP contribution >= 0.6 is 11.6 Å². The molecule has 1 atom stereocenters. The average molecular weight is 380 g/mol. The predicted octanol–water partition coefficient (Wildman–Crippen LogP) is 2.93. The van der Waals surface area contributed by atoms with Crippen molar-refractivity contribution in [3.8, 4) is 11.5 Å². The monoisotopic (exact) mass is 379 g/mol. The molecule has 0 aromatic heterocycles. The number of hydrogen-bond donors (Lipinski definition) is 0. The lowest BCUT2D eigenvalue weighted by atomic mass is 9.98. The number of fused-ring (bicyclic) bond motifs is 1. The van der Waals surface area contributed by atoms with Crippen molar-refractivity contribution in [1.29, 1.82) is 0 Å². The van der Waals surface area contributed by atoms with Crippen molar-refractivity contribution in [3.63, 3.8) is 0 Å². The summed E-state index contributed by atoms with van der Waals surface area (Å²) in [5.41, 5.74) is 0.756. The molecule has 6 nitrogen and oxygen atoms in total. The highest BCUT2D eigenvalue weighted by molar-refractivity contribution is 6.32. The first-order valence-corrected chi connectivity index (χ1v) is 9.19. The summed E-state index contributed by atoms with van der Waals surface area (Å²) < 4.78 is 16.1. The lowest BCUT2D eigenvalue weighted by Gasteiger charge is -2.30. The summed E-state index contributed by atoms with van der Waals surface area (Å²) in [6.07, 6.45) is 4.73. The first kappa shape index (κ1) is 18.6. The van der Waals surface area contributed by atoms with E-state index in [4.69, 9.17) is 25.8 Å². The third-order valence-electron chi connectivity index (χ3n) is 4.39. The zero-order valence-electron chi connectivity index (χ0n) is 14.7. The van der Waals surface area contributed by atoms with Crippen LogP contribution in [0.1, 0.15) is 25.3 Å². The van der Waals surface area contributed by atoms with Gasteiger partial charge in [0.15, 0.2) is 11.5 Å². The number of piperidine rings is 1. The molecule has 26 heavy (non-hydrogen) atoms. The molecule has 1 saturated heterocycles. The van der Waals surface area contributed by atoms with Gasteiger partial charge in [-0.1, -0.05) is 11.6 Å². The van der Waals surface area contributed by atoms with Gasteiger partial charge in [-0.15, -0.1) is 0 Å². The molecule has 7 heteroatoms. The van der Waals surface area contributed by atoms with Crippen LogP contribution in [0.25, 0.3) is 6.08 Å². The molecule has 0 aliphatic carbocycles. The number of benzene rings is 1. The van der Waals surface area contributed by atoms with E-state index >= 15 is 0 Å². The summed E-state index contributed by atoms with van der Waals surface area (Å²) in [5.74, 6) is 0.508. The molecule has 2 heterocycles. The Morgan fingerprint density at radius 3 is 2.96 bits per heavy atom. The van der Waals surface area contributed by atoms with E-state index in [1.165, 1.54) is 6.08 Å².